The molecule has 13 heavy (non-hydrogen) atoms. The highest BCUT2D eigenvalue weighted by Gasteiger charge is 2.21. The Morgan fingerprint density at radius 3 is 2.46 bits per heavy atom. The molecule has 1 aliphatic carbocycles. The summed E-state index contributed by atoms with van der Waals surface area (Å²) >= 11 is 0. The van der Waals surface area contributed by atoms with Crippen molar-refractivity contribution in [3.63, 3.8) is 0 Å². The second kappa shape index (κ2) is 5.64. The topological polar surface area (TPSA) is 20.2 Å². The number of aliphatic hydroxyl groups is 1. The molecule has 0 aromatic heterocycles. The first-order valence-electron chi connectivity index (χ1n) is 5.92. The predicted octanol–water partition coefficient (Wildman–Crippen LogP) is 3.36. The molecule has 2 atom stereocenters. The molecule has 0 heterocycles. The van der Waals surface area contributed by atoms with Gasteiger partial charge in [0.05, 0.1) is 6.10 Å². The highest BCUT2D eigenvalue weighted by atomic mass is 16.3. The summed E-state index contributed by atoms with van der Waals surface area (Å²) < 4.78 is 0. The second-order valence-corrected chi connectivity index (χ2v) is 4.72. The van der Waals surface area contributed by atoms with Gasteiger partial charge in [-0.05, 0) is 24.7 Å². The van der Waals surface area contributed by atoms with Crippen molar-refractivity contribution in [2.45, 2.75) is 64.9 Å². The van der Waals surface area contributed by atoms with Crippen LogP contribution in [0, 0.1) is 11.8 Å². The molecule has 0 radical (unpaired) electrons. The van der Waals surface area contributed by atoms with Gasteiger partial charge in [0.15, 0.2) is 0 Å². The Hall–Kier alpha value is -0.0400. The Balaban J connectivity index is 2.18. The molecule has 1 saturated carbocycles. The third kappa shape index (κ3) is 3.68. The molecule has 0 amide bonds. The van der Waals surface area contributed by atoms with Gasteiger partial charge in [-0.15, -0.1) is 0 Å². The Morgan fingerprint density at radius 2 is 1.92 bits per heavy atom. The van der Waals surface area contributed by atoms with Crippen LogP contribution in [0.1, 0.15) is 58.8 Å². The van der Waals surface area contributed by atoms with Crippen molar-refractivity contribution in [3.05, 3.63) is 0 Å². The summed E-state index contributed by atoms with van der Waals surface area (Å²) in [5.74, 6) is 1.33. The van der Waals surface area contributed by atoms with Crippen molar-refractivity contribution < 1.29 is 5.11 Å². The predicted molar refractivity (Wildman–Crippen MR) is 56.7 cm³/mol. The van der Waals surface area contributed by atoms with Gasteiger partial charge in [-0.2, -0.15) is 0 Å². The molecule has 78 valence electrons. The fraction of sp³-hybridized carbons (Fsp3) is 1.00. The zero-order chi connectivity index (χ0) is 9.68. The minimum atomic E-state index is -0.0388. The van der Waals surface area contributed by atoms with Crippen molar-refractivity contribution in [1.82, 2.24) is 0 Å². The maximum Gasteiger partial charge on any atom is 0.0568 e. The lowest BCUT2D eigenvalue weighted by atomic mass is 9.90. The maximum atomic E-state index is 9.91. The second-order valence-electron chi connectivity index (χ2n) is 4.72. The van der Waals surface area contributed by atoms with E-state index in [4.69, 9.17) is 0 Å². The van der Waals surface area contributed by atoms with E-state index in [-0.39, 0.29) is 6.10 Å². The van der Waals surface area contributed by atoms with Gasteiger partial charge in [0.1, 0.15) is 0 Å². The fourth-order valence-corrected chi connectivity index (χ4v) is 2.47. The van der Waals surface area contributed by atoms with Crippen LogP contribution in [0.25, 0.3) is 0 Å². The largest absolute Gasteiger partial charge is 0.393 e. The Morgan fingerprint density at radius 1 is 1.31 bits per heavy atom. The summed E-state index contributed by atoms with van der Waals surface area (Å²) in [6.07, 6.45) is 8.88. The maximum absolute atomic E-state index is 9.91. The lowest BCUT2D eigenvalue weighted by molar-refractivity contribution is 0.0858. The molecule has 2 unspecified atom stereocenters. The molecule has 0 saturated heterocycles. The van der Waals surface area contributed by atoms with E-state index >= 15 is 0 Å². The molecule has 1 nitrogen and oxygen atoms in total. The molecule has 1 rings (SSSR count). The lowest BCUT2D eigenvalue weighted by Gasteiger charge is -2.21. The first-order valence-corrected chi connectivity index (χ1v) is 5.92. The zero-order valence-electron chi connectivity index (χ0n) is 9.13. The first-order chi connectivity index (χ1) is 6.24. The highest BCUT2D eigenvalue weighted by molar-refractivity contribution is 4.73. The first kappa shape index (κ1) is 11.0. The number of hydrogen-bond acceptors (Lipinski definition) is 1. The van der Waals surface area contributed by atoms with Gasteiger partial charge >= 0.3 is 0 Å². The fourth-order valence-electron chi connectivity index (χ4n) is 2.47. The van der Waals surface area contributed by atoms with Crippen LogP contribution in [0.2, 0.25) is 0 Å². The van der Waals surface area contributed by atoms with Crippen molar-refractivity contribution in [2.24, 2.45) is 11.8 Å². The SMILES string of the molecule is CCCC(C)C(O)CC1CCCC1. The summed E-state index contributed by atoms with van der Waals surface area (Å²) in [5, 5.41) is 9.91. The molecule has 0 aromatic rings. The lowest BCUT2D eigenvalue weighted by Crippen LogP contribution is -2.20. The van der Waals surface area contributed by atoms with Gasteiger partial charge in [-0.25, -0.2) is 0 Å². The van der Waals surface area contributed by atoms with E-state index in [2.05, 4.69) is 13.8 Å². The quantitative estimate of drug-likeness (QED) is 0.694. The summed E-state index contributed by atoms with van der Waals surface area (Å²) in [5.41, 5.74) is 0. The third-order valence-electron chi connectivity index (χ3n) is 3.45. The van der Waals surface area contributed by atoms with Gasteiger partial charge in [-0.3, -0.25) is 0 Å². The number of aliphatic hydroxyl groups excluding tert-OH is 1. The van der Waals surface area contributed by atoms with Crippen LogP contribution in [0.5, 0.6) is 0 Å². The van der Waals surface area contributed by atoms with Gasteiger partial charge in [-0.1, -0.05) is 46.0 Å². The van der Waals surface area contributed by atoms with E-state index in [0.29, 0.717) is 5.92 Å². The van der Waals surface area contributed by atoms with E-state index in [9.17, 15) is 5.11 Å². The van der Waals surface area contributed by atoms with Crippen LogP contribution >= 0.6 is 0 Å². The molecule has 1 heteroatoms. The van der Waals surface area contributed by atoms with Crippen LogP contribution in [0.3, 0.4) is 0 Å². The summed E-state index contributed by atoms with van der Waals surface area (Å²) in [6, 6.07) is 0. The van der Waals surface area contributed by atoms with Crippen LogP contribution < -0.4 is 0 Å². The Labute approximate surface area is 82.5 Å². The van der Waals surface area contributed by atoms with E-state index in [1.54, 1.807) is 0 Å². The molecule has 1 aliphatic rings. The average molecular weight is 184 g/mol. The van der Waals surface area contributed by atoms with E-state index in [1.807, 2.05) is 0 Å². The van der Waals surface area contributed by atoms with E-state index in [1.165, 1.54) is 38.5 Å². The smallest absolute Gasteiger partial charge is 0.0568 e. The van der Waals surface area contributed by atoms with Crippen molar-refractivity contribution >= 4 is 0 Å². The average Bonchev–Trinajstić information content (AvgIpc) is 2.57. The molecule has 0 aliphatic heterocycles. The molecule has 0 spiro atoms. The van der Waals surface area contributed by atoms with Gasteiger partial charge in [0.2, 0.25) is 0 Å². The van der Waals surface area contributed by atoms with Crippen LogP contribution in [0.15, 0.2) is 0 Å². The van der Waals surface area contributed by atoms with Crippen molar-refractivity contribution in [1.29, 1.82) is 0 Å². The van der Waals surface area contributed by atoms with Crippen LogP contribution in [-0.2, 0) is 0 Å². The van der Waals surface area contributed by atoms with E-state index in [0.717, 1.165) is 12.3 Å². The summed E-state index contributed by atoms with van der Waals surface area (Å²) in [7, 11) is 0. The minimum Gasteiger partial charge on any atom is -0.393 e. The molecular weight excluding hydrogens is 160 g/mol. The van der Waals surface area contributed by atoms with Gasteiger partial charge in [0.25, 0.3) is 0 Å². The summed E-state index contributed by atoms with van der Waals surface area (Å²) in [6.45, 7) is 4.38. The Kier molecular flexibility index (Phi) is 4.79. The summed E-state index contributed by atoms with van der Waals surface area (Å²) in [4.78, 5) is 0. The highest BCUT2D eigenvalue weighted by Crippen LogP contribution is 2.30. The molecular formula is C12H24O. The van der Waals surface area contributed by atoms with E-state index < -0.39 is 0 Å². The molecule has 0 bridgehead atoms. The number of hydrogen-bond donors (Lipinski definition) is 1. The third-order valence-corrected chi connectivity index (χ3v) is 3.45. The molecule has 1 N–H and O–H groups in total. The number of rotatable bonds is 5. The monoisotopic (exact) mass is 184 g/mol. The van der Waals surface area contributed by atoms with Gasteiger partial charge in [0, 0.05) is 0 Å². The van der Waals surface area contributed by atoms with Crippen LogP contribution in [0.4, 0.5) is 0 Å². The van der Waals surface area contributed by atoms with Crippen LogP contribution in [-0.4, -0.2) is 11.2 Å². The van der Waals surface area contributed by atoms with Crippen molar-refractivity contribution in [2.75, 3.05) is 0 Å². The van der Waals surface area contributed by atoms with Crippen molar-refractivity contribution in [3.8, 4) is 0 Å². The molecule has 0 aromatic carbocycles. The zero-order valence-corrected chi connectivity index (χ0v) is 9.13. The Bertz CT molecular complexity index is 127. The molecule has 1 fully saturated rings. The minimum absolute atomic E-state index is 0.0388. The van der Waals surface area contributed by atoms with Gasteiger partial charge < -0.3 is 5.11 Å². The standard InChI is InChI=1S/C12H24O/c1-3-6-10(2)12(13)9-11-7-4-5-8-11/h10-13H,3-9H2,1-2H3. The normalized spacial score (nSPS) is 23.3.